The lowest BCUT2D eigenvalue weighted by Gasteiger charge is -2.02. The monoisotopic (exact) mass is 363 g/mol. The minimum atomic E-state index is -0.363. The number of carbonyl (C=O) groups is 1. The first-order valence-corrected chi connectivity index (χ1v) is 8.40. The number of carbonyl (C=O) groups excluding carboxylic acids is 1. The molecule has 128 valence electrons. The second-order valence-corrected chi connectivity index (χ2v) is 6.43. The molecule has 2 heterocycles. The smallest absolute Gasteiger partial charge is 0.278 e. The van der Waals surface area contributed by atoms with Crippen molar-refractivity contribution in [3.8, 4) is 5.69 Å². The van der Waals surface area contributed by atoms with Crippen molar-refractivity contribution in [1.29, 1.82) is 0 Å². The van der Waals surface area contributed by atoms with Crippen LogP contribution in [0.1, 0.15) is 11.3 Å². The number of nitrogens with zero attached hydrogens (tertiary/aromatic N) is 2. The highest BCUT2D eigenvalue weighted by Gasteiger charge is 2.15. The summed E-state index contributed by atoms with van der Waals surface area (Å²) in [7, 11) is 0. The minimum absolute atomic E-state index is 0.252. The Hall–Kier alpha value is -3.18. The maximum absolute atomic E-state index is 12.8. The molecule has 0 bridgehead atoms. The molecule has 1 aliphatic rings. The van der Waals surface area contributed by atoms with Crippen LogP contribution < -0.4 is 16.1 Å². The molecule has 1 amide bonds. The summed E-state index contributed by atoms with van der Waals surface area (Å²) in [6.07, 6.45) is 3.33. The van der Waals surface area contributed by atoms with Crippen LogP contribution in [0.15, 0.2) is 63.9 Å². The first-order chi connectivity index (χ1) is 12.5. The van der Waals surface area contributed by atoms with Crippen LogP contribution in [0.25, 0.3) is 17.8 Å². The summed E-state index contributed by atoms with van der Waals surface area (Å²) in [6.45, 7) is 1.78. The highest BCUT2D eigenvalue weighted by molar-refractivity contribution is 6.30. The third-order valence-electron chi connectivity index (χ3n) is 4.20. The van der Waals surface area contributed by atoms with E-state index in [1.54, 1.807) is 49.4 Å². The number of amides is 1. The summed E-state index contributed by atoms with van der Waals surface area (Å²) in [6, 6.07) is 14.4. The van der Waals surface area contributed by atoms with Gasteiger partial charge in [-0.25, -0.2) is 9.67 Å². The molecule has 5 nitrogen and oxygen atoms in total. The van der Waals surface area contributed by atoms with Gasteiger partial charge in [0.15, 0.2) is 0 Å². The van der Waals surface area contributed by atoms with E-state index in [0.717, 1.165) is 5.22 Å². The Kier molecular flexibility index (Phi) is 3.93. The number of nitrogens with one attached hydrogen (secondary N) is 1. The molecule has 1 N–H and O–H groups in total. The Bertz CT molecular complexity index is 1250. The van der Waals surface area contributed by atoms with E-state index in [2.05, 4.69) is 10.1 Å². The van der Waals surface area contributed by atoms with Crippen molar-refractivity contribution in [3.63, 3.8) is 0 Å². The van der Waals surface area contributed by atoms with Gasteiger partial charge in [0.05, 0.1) is 16.6 Å². The van der Waals surface area contributed by atoms with Crippen LogP contribution in [-0.4, -0.2) is 15.7 Å². The first kappa shape index (κ1) is 16.3. The lowest BCUT2D eigenvalue weighted by molar-refractivity contribution is -0.114. The molecule has 0 unspecified atom stereocenters. The van der Waals surface area contributed by atoms with Gasteiger partial charge >= 0.3 is 0 Å². The number of para-hydroxylation sites is 1. The summed E-state index contributed by atoms with van der Waals surface area (Å²) in [4.78, 5) is 29.2. The molecule has 4 rings (SSSR count). The molecule has 0 radical (unpaired) electrons. The van der Waals surface area contributed by atoms with Crippen LogP contribution in [0.3, 0.4) is 0 Å². The first-order valence-electron chi connectivity index (χ1n) is 8.02. The Balaban J connectivity index is 1.85. The van der Waals surface area contributed by atoms with Gasteiger partial charge in [-0.2, -0.15) is 0 Å². The van der Waals surface area contributed by atoms with E-state index in [-0.39, 0.29) is 11.5 Å². The van der Waals surface area contributed by atoms with Crippen LogP contribution in [0.2, 0.25) is 5.02 Å². The van der Waals surface area contributed by atoms with Gasteiger partial charge in [0, 0.05) is 21.5 Å². The Morgan fingerprint density at radius 3 is 2.73 bits per heavy atom. The molecule has 1 aliphatic heterocycles. The van der Waals surface area contributed by atoms with Crippen LogP contribution in [0, 0.1) is 6.92 Å². The van der Waals surface area contributed by atoms with Crippen molar-refractivity contribution in [2.45, 2.75) is 6.92 Å². The fourth-order valence-corrected chi connectivity index (χ4v) is 3.08. The molecule has 2 aromatic carbocycles. The molecule has 0 fully saturated rings. The summed E-state index contributed by atoms with van der Waals surface area (Å²) in [5, 5.41) is 5.04. The zero-order valence-electron chi connectivity index (χ0n) is 13.9. The zero-order valence-corrected chi connectivity index (χ0v) is 14.6. The molecule has 0 atom stereocenters. The van der Waals surface area contributed by atoms with Gasteiger partial charge in [0.2, 0.25) is 0 Å². The molecule has 0 spiro atoms. The standard InChI is InChI=1S/C20H14ClN3O2/c1-12-17(20(26)24(23-12)16-7-4-6-15(21)11-16)10-14-9-13-5-2-3-8-18(13)22-19(14)25/h2-11,23H,1H3. The number of aromatic nitrogens is 2. The van der Waals surface area contributed by atoms with Gasteiger partial charge in [0.1, 0.15) is 0 Å². The third-order valence-corrected chi connectivity index (χ3v) is 4.44. The maximum atomic E-state index is 12.8. The van der Waals surface area contributed by atoms with E-state index in [1.165, 1.54) is 4.68 Å². The average molecular weight is 364 g/mol. The largest absolute Gasteiger partial charge is 0.295 e. The number of H-pyrrole nitrogens is 1. The Morgan fingerprint density at radius 2 is 1.92 bits per heavy atom. The SMILES string of the molecule is Cc1[nH]n(-c2cccc(Cl)c2)c(=O)c1C=C1C=c2ccccc2=NC1=O. The van der Waals surface area contributed by atoms with Gasteiger partial charge in [-0.3, -0.25) is 14.7 Å². The van der Waals surface area contributed by atoms with Gasteiger partial charge in [-0.05, 0) is 43.3 Å². The van der Waals surface area contributed by atoms with Gasteiger partial charge in [0.25, 0.3) is 11.5 Å². The van der Waals surface area contributed by atoms with Crippen molar-refractivity contribution >= 4 is 29.7 Å². The molecule has 1 aromatic heterocycles. The molecule has 6 heteroatoms. The summed E-state index contributed by atoms with van der Waals surface area (Å²) < 4.78 is 1.41. The Morgan fingerprint density at radius 1 is 1.12 bits per heavy atom. The molecular weight excluding hydrogens is 350 g/mol. The number of benzene rings is 2. The van der Waals surface area contributed by atoms with Crippen molar-refractivity contribution in [2.24, 2.45) is 4.99 Å². The quantitative estimate of drug-likeness (QED) is 0.709. The van der Waals surface area contributed by atoms with Gasteiger partial charge in [-0.1, -0.05) is 35.9 Å². The van der Waals surface area contributed by atoms with Crippen LogP contribution in [0.5, 0.6) is 0 Å². The summed E-state index contributed by atoms with van der Waals surface area (Å²) in [5.74, 6) is -0.363. The molecule has 0 aliphatic carbocycles. The van der Waals surface area contributed by atoms with Crippen molar-refractivity contribution in [3.05, 3.63) is 91.3 Å². The lowest BCUT2D eigenvalue weighted by Crippen LogP contribution is -2.30. The highest BCUT2D eigenvalue weighted by Crippen LogP contribution is 2.16. The van der Waals surface area contributed by atoms with E-state index >= 15 is 0 Å². The van der Waals surface area contributed by atoms with E-state index < -0.39 is 0 Å². The third kappa shape index (κ3) is 2.82. The fourth-order valence-electron chi connectivity index (χ4n) is 2.90. The summed E-state index contributed by atoms with van der Waals surface area (Å²) >= 11 is 6.01. The van der Waals surface area contributed by atoms with Crippen LogP contribution >= 0.6 is 11.6 Å². The van der Waals surface area contributed by atoms with Crippen molar-refractivity contribution in [2.75, 3.05) is 0 Å². The second-order valence-electron chi connectivity index (χ2n) is 5.99. The number of aromatic amines is 1. The summed E-state index contributed by atoms with van der Waals surface area (Å²) in [5.41, 5.74) is 1.82. The van der Waals surface area contributed by atoms with E-state index in [1.807, 2.05) is 18.2 Å². The molecule has 3 aromatic rings. The molecular formula is C20H14ClN3O2. The predicted molar refractivity (Wildman–Crippen MR) is 101 cm³/mol. The highest BCUT2D eigenvalue weighted by atomic mass is 35.5. The van der Waals surface area contributed by atoms with E-state index in [0.29, 0.717) is 32.9 Å². The predicted octanol–water partition coefficient (Wildman–Crippen LogP) is 2.15. The fraction of sp³-hybridized carbons (Fsp3) is 0.0500. The maximum Gasteiger partial charge on any atom is 0.278 e. The topological polar surface area (TPSA) is 67.2 Å². The van der Waals surface area contributed by atoms with Crippen molar-refractivity contribution in [1.82, 2.24) is 9.78 Å². The average Bonchev–Trinajstić information content (AvgIpc) is 2.90. The number of hydrogen-bond donors (Lipinski definition) is 1. The number of hydrogen-bond acceptors (Lipinski definition) is 2. The van der Waals surface area contributed by atoms with E-state index in [4.69, 9.17) is 11.6 Å². The zero-order chi connectivity index (χ0) is 18.3. The van der Waals surface area contributed by atoms with Crippen LogP contribution in [0.4, 0.5) is 0 Å². The van der Waals surface area contributed by atoms with Gasteiger partial charge < -0.3 is 0 Å². The number of fused-ring (bicyclic) bond motifs is 1. The minimum Gasteiger partial charge on any atom is -0.295 e. The van der Waals surface area contributed by atoms with Gasteiger partial charge in [-0.15, -0.1) is 0 Å². The second kappa shape index (κ2) is 6.28. The normalized spacial score (nSPS) is 14.7. The number of halogens is 1. The number of aryl methyl sites for hydroxylation is 1. The molecule has 0 saturated carbocycles. The van der Waals surface area contributed by atoms with Crippen molar-refractivity contribution < 1.29 is 4.79 Å². The number of rotatable bonds is 2. The molecule has 26 heavy (non-hydrogen) atoms. The Labute approximate surface area is 153 Å². The van der Waals surface area contributed by atoms with Crippen LogP contribution in [-0.2, 0) is 4.79 Å². The van der Waals surface area contributed by atoms with E-state index in [9.17, 15) is 9.59 Å². The lowest BCUT2D eigenvalue weighted by atomic mass is 10.1. The molecule has 0 saturated heterocycles.